The number of fused-ring (bicyclic) bond motifs is 1. The van der Waals surface area contributed by atoms with E-state index in [0.29, 0.717) is 19.8 Å². The van der Waals surface area contributed by atoms with Crippen molar-refractivity contribution >= 4 is 0 Å². The van der Waals surface area contributed by atoms with Crippen LogP contribution in [0.25, 0.3) is 0 Å². The van der Waals surface area contributed by atoms with Crippen molar-refractivity contribution in [2.75, 3.05) is 27.1 Å². The van der Waals surface area contributed by atoms with Crippen molar-refractivity contribution in [3.05, 3.63) is 23.8 Å². The molecule has 0 saturated heterocycles. The summed E-state index contributed by atoms with van der Waals surface area (Å²) in [6, 6.07) is 5.76. The van der Waals surface area contributed by atoms with Gasteiger partial charge in [0.25, 0.3) is 0 Å². The van der Waals surface area contributed by atoms with Gasteiger partial charge in [-0.3, -0.25) is 0 Å². The molecule has 1 atom stereocenters. The first kappa shape index (κ1) is 12.2. The highest BCUT2D eigenvalue weighted by Crippen LogP contribution is 2.32. The Morgan fingerprint density at radius 1 is 1.35 bits per heavy atom. The Bertz CT molecular complexity index is 370. The number of hydrogen-bond donors (Lipinski definition) is 1. The summed E-state index contributed by atoms with van der Waals surface area (Å²) in [5.74, 6) is 1.54. The van der Waals surface area contributed by atoms with Gasteiger partial charge in [-0.1, -0.05) is 6.07 Å². The summed E-state index contributed by atoms with van der Waals surface area (Å²) in [7, 11) is 1.63. The first-order valence-electron chi connectivity index (χ1n) is 5.52. The van der Waals surface area contributed by atoms with Crippen LogP contribution in [0.2, 0.25) is 0 Å². The molecule has 1 aliphatic heterocycles. The minimum absolute atomic E-state index is 0.0783. The van der Waals surface area contributed by atoms with Gasteiger partial charge in [0.1, 0.15) is 0 Å². The van der Waals surface area contributed by atoms with Crippen LogP contribution in [-0.2, 0) is 16.1 Å². The molecule has 0 spiro atoms. The minimum atomic E-state index is -0.0783. The lowest BCUT2D eigenvalue weighted by Crippen LogP contribution is -2.28. The third-order valence-corrected chi connectivity index (χ3v) is 2.54. The molecule has 0 bridgehead atoms. The first-order valence-corrected chi connectivity index (χ1v) is 5.52. The predicted molar refractivity (Wildman–Crippen MR) is 62.1 cm³/mol. The SMILES string of the molecule is COCC(CN)OCc1ccc2c(c1)OCO2. The van der Waals surface area contributed by atoms with Crippen LogP contribution >= 0.6 is 0 Å². The van der Waals surface area contributed by atoms with E-state index >= 15 is 0 Å². The van der Waals surface area contributed by atoms with Crippen LogP contribution in [0, 0.1) is 0 Å². The van der Waals surface area contributed by atoms with Crippen LogP contribution in [0.3, 0.4) is 0 Å². The van der Waals surface area contributed by atoms with Crippen molar-refractivity contribution < 1.29 is 18.9 Å². The molecule has 0 aromatic heterocycles. The molecule has 1 heterocycles. The fraction of sp³-hybridized carbons (Fsp3) is 0.500. The molecule has 5 heteroatoms. The lowest BCUT2D eigenvalue weighted by molar-refractivity contribution is -0.00566. The lowest BCUT2D eigenvalue weighted by atomic mass is 10.2. The largest absolute Gasteiger partial charge is 0.454 e. The fourth-order valence-corrected chi connectivity index (χ4v) is 1.61. The van der Waals surface area contributed by atoms with Gasteiger partial charge in [0.15, 0.2) is 11.5 Å². The molecule has 1 aliphatic rings. The van der Waals surface area contributed by atoms with Gasteiger partial charge in [-0.25, -0.2) is 0 Å². The van der Waals surface area contributed by atoms with Gasteiger partial charge < -0.3 is 24.7 Å². The van der Waals surface area contributed by atoms with Crippen molar-refractivity contribution in [3.8, 4) is 11.5 Å². The summed E-state index contributed by atoms with van der Waals surface area (Å²) in [5, 5.41) is 0. The van der Waals surface area contributed by atoms with E-state index in [1.165, 1.54) is 0 Å². The molecule has 0 aliphatic carbocycles. The van der Waals surface area contributed by atoms with Crippen LogP contribution in [-0.4, -0.2) is 33.2 Å². The van der Waals surface area contributed by atoms with E-state index in [1.807, 2.05) is 18.2 Å². The predicted octanol–water partition coefficient (Wildman–Crippen LogP) is 0.906. The molecule has 5 nitrogen and oxygen atoms in total. The van der Waals surface area contributed by atoms with E-state index in [1.54, 1.807) is 7.11 Å². The zero-order valence-electron chi connectivity index (χ0n) is 9.85. The molecule has 17 heavy (non-hydrogen) atoms. The van der Waals surface area contributed by atoms with E-state index in [4.69, 9.17) is 24.7 Å². The average Bonchev–Trinajstić information content (AvgIpc) is 2.81. The Labute approximate surface area is 100 Å². The first-order chi connectivity index (χ1) is 8.33. The van der Waals surface area contributed by atoms with Gasteiger partial charge in [-0.05, 0) is 17.7 Å². The van der Waals surface area contributed by atoms with Gasteiger partial charge in [-0.15, -0.1) is 0 Å². The normalized spacial score (nSPS) is 14.9. The van der Waals surface area contributed by atoms with Crippen molar-refractivity contribution in [3.63, 3.8) is 0 Å². The summed E-state index contributed by atoms with van der Waals surface area (Å²) in [5.41, 5.74) is 6.59. The standard InChI is InChI=1S/C12H17NO4/c1-14-7-10(5-13)15-6-9-2-3-11-12(4-9)17-8-16-11/h2-4,10H,5-8,13H2,1H3. The molecule has 1 aromatic rings. The van der Waals surface area contributed by atoms with E-state index in [0.717, 1.165) is 17.1 Å². The Morgan fingerprint density at radius 3 is 2.94 bits per heavy atom. The maximum Gasteiger partial charge on any atom is 0.231 e. The minimum Gasteiger partial charge on any atom is -0.454 e. The van der Waals surface area contributed by atoms with Crippen molar-refractivity contribution in [1.29, 1.82) is 0 Å². The molecule has 94 valence electrons. The summed E-state index contributed by atoms with van der Waals surface area (Å²) in [4.78, 5) is 0. The molecule has 2 rings (SSSR count). The molecule has 1 unspecified atom stereocenters. The van der Waals surface area contributed by atoms with Gasteiger partial charge in [0.2, 0.25) is 6.79 Å². The number of benzene rings is 1. The second-order valence-electron chi connectivity index (χ2n) is 3.81. The third kappa shape index (κ3) is 3.09. The zero-order valence-corrected chi connectivity index (χ0v) is 9.85. The Kier molecular flexibility index (Phi) is 4.19. The Hall–Kier alpha value is -1.30. The van der Waals surface area contributed by atoms with Gasteiger partial charge >= 0.3 is 0 Å². The molecular weight excluding hydrogens is 222 g/mol. The fourth-order valence-electron chi connectivity index (χ4n) is 1.61. The van der Waals surface area contributed by atoms with Crippen molar-refractivity contribution in [1.82, 2.24) is 0 Å². The van der Waals surface area contributed by atoms with Crippen LogP contribution in [0.15, 0.2) is 18.2 Å². The van der Waals surface area contributed by atoms with Crippen LogP contribution in [0.1, 0.15) is 5.56 Å². The Morgan fingerprint density at radius 2 is 2.18 bits per heavy atom. The molecule has 0 fully saturated rings. The highest BCUT2D eigenvalue weighted by atomic mass is 16.7. The molecule has 0 radical (unpaired) electrons. The monoisotopic (exact) mass is 239 g/mol. The number of ether oxygens (including phenoxy) is 4. The van der Waals surface area contributed by atoms with Crippen molar-refractivity contribution in [2.24, 2.45) is 5.73 Å². The number of rotatable bonds is 6. The zero-order chi connectivity index (χ0) is 12.1. The average molecular weight is 239 g/mol. The van der Waals surface area contributed by atoms with E-state index < -0.39 is 0 Å². The molecule has 0 amide bonds. The van der Waals surface area contributed by atoms with Crippen molar-refractivity contribution in [2.45, 2.75) is 12.7 Å². The van der Waals surface area contributed by atoms with Crippen LogP contribution in [0.4, 0.5) is 0 Å². The molecular formula is C12H17NO4. The number of methoxy groups -OCH3 is 1. The molecule has 0 saturated carbocycles. The van der Waals surface area contributed by atoms with E-state index in [9.17, 15) is 0 Å². The maximum atomic E-state index is 5.63. The quantitative estimate of drug-likeness (QED) is 0.799. The second kappa shape index (κ2) is 5.86. The maximum absolute atomic E-state index is 5.63. The van der Waals surface area contributed by atoms with Gasteiger partial charge in [-0.2, -0.15) is 0 Å². The van der Waals surface area contributed by atoms with Gasteiger partial charge in [0.05, 0.1) is 19.3 Å². The number of nitrogens with two attached hydrogens (primary N) is 1. The van der Waals surface area contributed by atoms with Gasteiger partial charge in [0, 0.05) is 13.7 Å². The summed E-state index contributed by atoms with van der Waals surface area (Å²) in [6.07, 6.45) is -0.0783. The summed E-state index contributed by atoms with van der Waals surface area (Å²) < 4.78 is 21.2. The topological polar surface area (TPSA) is 62.9 Å². The van der Waals surface area contributed by atoms with E-state index in [2.05, 4.69) is 0 Å². The molecule has 1 aromatic carbocycles. The highest BCUT2D eigenvalue weighted by Gasteiger charge is 2.14. The van der Waals surface area contributed by atoms with Crippen LogP contribution in [0.5, 0.6) is 11.5 Å². The van der Waals surface area contributed by atoms with Crippen LogP contribution < -0.4 is 15.2 Å². The van der Waals surface area contributed by atoms with E-state index in [-0.39, 0.29) is 12.9 Å². The highest BCUT2D eigenvalue weighted by molar-refractivity contribution is 5.44. The summed E-state index contributed by atoms with van der Waals surface area (Å²) in [6.45, 7) is 1.72. The second-order valence-corrected chi connectivity index (χ2v) is 3.81. The lowest BCUT2D eigenvalue weighted by Gasteiger charge is -2.14. The molecule has 2 N–H and O–H groups in total. The smallest absolute Gasteiger partial charge is 0.231 e. The Balaban J connectivity index is 1.90. The number of hydrogen-bond acceptors (Lipinski definition) is 5. The third-order valence-electron chi connectivity index (χ3n) is 2.54. The summed E-state index contributed by atoms with van der Waals surface area (Å²) >= 11 is 0.